The van der Waals surface area contributed by atoms with Crippen molar-refractivity contribution >= 4 is 73.0 Å². The topological polar surface area (TPSA) is 107 Å². The molecule has 1 fully saturated rings. The zero-order valence-corrected chi connectivity index (χ0v) is 20.8. The number of aliphatic imine (C=N–C) groups is 2. The maximum Gasteiger partial charge on any atom is 0.445 e. The molecule has 4 amide bonds. The van der Waals surface area contributed by atoms with Crippen LogP contribution in [0.4, 0.5) is 9.93 Å². The first kappa shape index (κ1) is 22.9. The van der Waals surface area contributed by atoms with E-state index in [1.807, 2.05) is 25.1 Å². The van der Waals surface area contributed by atoms with Crippen molar-refractivity contribution in [3.05, 3.63) is 23.8 Å². The lowest BCUT2D eigenvalue weighted by molar-refractivity contribution is -0.407. The Bertz CT molecular complexity index is 1310. The molecule has 0 bridgehead atoms. The third kappa shape index (κ3) is 4.18. The molecule has 2 aliphatic heterocycles. The van der Waals surface area contributed by atoms with Crippen molar-refractivity contribution in [2.45, 2.75) is 32.6 Å². The molecule has 2 aromatic rings. The second-order valence-electron chi connectivity index (χ2n) is 8.76. The van der Waals surface area contributed by atoms with Crippen LogP contribution in [0, 0.1) is 18.8 Å². The van der Waals surface area contributed by atoms with Crippen LogP contribution in [0.15, 0.2) is 28.2 Å². The average Bonchev–Trinajstić information content (AvgIpc) is 3.49. The van der Waals surface area contributed by atoms with Crippen molar-refractivity contribution in [2.24, 2.45) is 21.8 Å². The summed E-state index contributed by atoms with van der Waals surface area (Å²) in [4.78, 5) is 53.2. The highest BCUT2D eigenvalue weighted by Crippen LogP contribution is 2.32. The molecule has 1 aliphatic carbocycles. The minimum absolute atomic E-state index is 0.0736. The molecule has 1 aromatic carbocycles. The average molecular weight is 498 g/mol. The van der Waals surface area contributed by atoms with E-state index in [9.17, 15) is 14.4 Å². The van der Waals surface area contributed by atoms with Gasteiger partial charge in [0.2, 0.25) is 11.7 Å². The number of rotatable bonds is 4. The lowest BCUT2D eigenvalue weighted by Crippen LogP contribution is -2.55. The summed E-state index contributed by atoms with van der Waals surface area (Å²) in [5, 5.41) is 3.91. The van der Waals surface area contributed by atoms with Crippen molar-refractivity contribution in [2.75, 3.05) is 25.2 Å². The lowest BCUT2D eigenvalue weighted by Gasteiger charge is -2.27. The number of amidine groups is 2. The third-order valence-electron chi connectivity index (χ3n) is 6.32. The van der Waals surface area contributed by atoms with Crippen molar-refractivity contribution in [3.8, 4) is 0 Å². The van der Waals surface area contributed by atoms with Gasteiger partial charge in [-0.05, 0) is 37.5 Å². The number of nitrogens with one attached hydrogen (secondary N) is 1. The quantitative estimate of drug-likeness (QED) is 0.651. The Morgan fingerprint density at radius 3 is 2.79 bits per heavy atom. The SMILES string of the molecule is Cc1ccc2nc(NC(=O)CSC3=NC(C4CCCC4)=NC4=[N+](C)C(=O)N(C)C(=O)C34)sc2c1. The van der Waals surface area contributed by atoms with Crippen LogP contribution in [0.25, 0.3) is 10.2 Å². The molecule has 1 aromatic heterocycles. The number of benzene rings is 1. The van der Waals surface area contributed by atoms with Gasteiger partial charge in [0, 0.05) is 5.92 Å². The molecular weight excluding hydrogens is 472 g/mol. The Morgan fingerprint density at radius 1 is 1.26 bits per heavy atom. The number of carbonyl (C=O) groups is 3. The van der Waals surface area contributed by atoms with Crippen LogP contribution in [0.2, 0.25) is 0 Å². The molecule has 1 unspecified atom stereocenters. The van der Waals surface area contributed by atoms with E-state index in [4.69, 9.17) is 4.99 Å². The van der Waals surface area contributed by atoms with Gasteiger partial charge in [0.25, 0.3) is 5.84 Å². The first-order valence-electron chi connectivity index (χ1n) is 11.2. The largest absolute Gasteiger partial charge is 0.445 e. The molecule has 1 atom stereocenters. The number of aromatic nitrogens is 1. The molecule has 3 aliphatic rings. The number of imide groups is 1. The van der Waals surface area contributed by atoms with Gasteiger partial charge < -0.3 is 5.32 Å². The number of urea groups is 1. The number of thiazole rings is 1. The van der Waals surface area contributed by atoms with Crippen molar-refractivity contribution in [3.63, 3.8) is 0 Å². The highest BCUT2D eigenvalue weighted by atomic mass is 32.2. The minimum Gasteiger partial charge on any atom is -0.301 e. The standard InChI is InChI=1S/C23H24N6O3S2/c1-12-8-9-14-15(10-12)34-22(24-14)25-16(30)11-33-20-17-19(28(2)23(32)29(3)21(17)31)26-18(27-20)13-6-4-5-7-13/h8-10,13,17H,4-7,11H2,1-3H3/p+1. The fourth-order valence-electron chi connectivity index (χ4n) is 4.45. The van der Waals surface area contributed by atoms with Gasteiger partial charge in [-0.3, -0.25) is 9.59 Å². The smallest absolute Gasteiger partial charge is 0.301 e. The van der Waals surface area contributed by atoms with Gasteiger partial charge in [-0.25, -0.2) is 14.8 Å². The summed E-state index contributed by atoms with van der Waals surface area (Å²) in [5.74, 6) is -0.0379. The molecular formula is C23H25N6O3S2+. The third-order valence-corrected chi connectivity index (χ3v) is 8.28. The Morgan fingerprint density at radius 2 is 2.03 bits per heavy atom. The maximum absolute atomic E-state index is 13.0. The van der Waals surface area contributed by atoms with Crippen LogP contribution >= 0.6 is 23.1 Å². The van der Waals surface area contributed by atoms with Crippen LogP contribution in [0.5, 0.6) is 0 Å². The van der Waals surface area contributed by atoms with Crippen molar-refractivity contribution in [1.82, 2.24) is 9.88 Å². The molecule has 0 radical (unpaired) electrons. The zero-order valence-electron chi connectivity index (χ0n) is 19.2. The van der Waals surface area contributed by atoms with Gasteiger partial charge in [-0.1, -0.05) is 47.0 Å². The van der Waals surface area contributed by atoms with Gasteiger partial charge in [0.05, 0.1) is 30.1 Å². The number of anilines is 1. The molecule has 1 N–H and O–H groups in total. The van der Waals surface area contributed by atoms with E-state index in [0.29, 0.717) is 21.8 Å². The summed E-state index contributed by atoms with van der Waals surface area (Å²) < 4.78 is 2.43. The summed E-state index contributed by atoms with van der Waals surface area (Å²) in [7, 11) is 3.08. The molecule has 3 heterocycles. The van der Waals surface area contributed by atoms with Gasteiger partial charge in [-0.15, -0.1) is 0 Å². The van der Waals surface area contributed by atoms with Crippen LogP contribution in [-0.2, 0) is 9.59 Å². The van der Waals surface area contributed by atoms with Crippen molar-refractivity contribution < 1.29 is 19.0 Å². The molecule has 1 saturated carbocycles. The van der Waals surface area contributed by atoms with Crippen molar-refractivity contribution in [1.29, 1.82) is 0 Å². The molecule has 0 spiro atoms. The predicted octanol–water partition coefficient (Wildman–Crippen LogP) is 3.53. The minimum atomic E-state index is -0.777. The Hall–Kier alpha value is -2.92. The summed E-state index contributed by atoms with van der Waals surface area (Å²) >= 11 is 2.65. The van der Waals surface area contributed by atoms with Crippen LogP contribution in [-0.4, -0.2) is 68.9 Å². The predicted molar refractivity (Wildman–Crippen MR) is 135 cm³/mol. The number of fused-ring (bicyclic) bond motifs is 2. The Balaban J connectivity index is 1.37. The second kappa shape index (κ2) is 9.03. The number of nitrogens with zero attached hydrogens (tertiary/aromatic N) is 5. The number of amides is 4. The summed E-state index contributed by atoms with van der Waals surface area (Å²) in [6.07, 6.45) is 4.20. The van der Waals surface area contributed by atoms with E-state index in [0.717, 1.165) is 46.4 Å². The van der Waals surface area contributed by atoms with E-state index in [-0.39, 0.29) is 23.5 Å². The van der Waals surface area contributed by atoms with E-state index in [2.05, 4.69) is 15.3 Å². The molecule has 0 saturated heterocycles. The number of hydrogen-bond acceptors (Lipinski definition) is 8. The second-order valence-corrected chi connectivity index (χ2v) is 10.8. The molecule has 34 heavy (non-hydrogen) atoms. The molecule has 9 nitrogen and oxygen atoms in total. The molecule has 11 heteroatoms. The van der Waals surface area contributed by atoms with E-state index < -0.39 is 11.9 Å². The number of aryl methyl sites for hydroxylation is 1. The first-order valence-corrected chi connectivity index (χ1v) is 13.0. The summed E-state index contributed by atoms with van der Waals surface area (Å²) in [5.41, 5.74) is 1.98. The van der Waals surface area contributed by atoms with E-state index in [1.54, 1.807) is 7.05 Å². The Kier molecular flexibility index (Phi) is 6.07. The Labute approximate surface area is 205 Å². The first-order chi connectivity index (χ1) is 16.3. The number of carbonyl (C=O) groups excluding carboxylic acids is 3. The number of hydrogen-bond donors (Lipinski definition) is 1. The summed E-state index contributed by atoms with van der Waals surface area (Å²) in [6, 6.07) is 5.55. The van der Waals surface area contributed by atoms with E-state index >= 15 is 0 Å². The summed E-state index contributed by atoms with van der Waals surface area (Å²) in [6.45, 7) is 2.02. The van der Waals surface area contributed by atoms with E-state index in [1.165, 1.54) is 34.7 Å². The van der Waals surface area contributed by atoms with Crippen LogP contribution in [0.1, 0.15) is 31.2 Å². The highest BCUT2D eigenvalue weighted by Gasteiger charge is 2.49. The van der Waals surface area contributed by atoms with Gasteiger partial charge in [0.15, 0.2) is 11.0 Å². The highest BCUT2D eigenvalue weighted by molar-refractivity contribution is 8.14. The van der Waals surface area contributed by atoms with Crippen LogP contribution < -0.4 is 5.32 Å². The molecule has 5 rings (SSSR count). The maximum atomic E-state index is 13.0. The fraction of sp³-hybridized carbons (Fsp3) is 0.435. The fourth-order valence-corrected chi connectivity index (χ4v) is 6.32. The van der Waals surface area contributed by atoms with Gasteiger partial charge >= 0.3 is 11.9 Å². The monoisotopic (exact) mass is 497 g/mol. The van der Waals surface area contributed by atoms with Crippen LogP contribution in [0.3, 0.4) is 0 Å². The van der Waals surface area contributed by atoms with Gasteiger partial charge in [0.1, 0.15) is 5.04 Å². The zero-order chi connectivity index (χ0) is 24.0. The lowest BCUT2D eigenvalue weighted by atomic mass is 10.0. The normalized spacial score (nSPS) is 21.1. The number of thioether (sulfide) groups is 1. The molecule has 176 valence electrons. The van der Waals surface area contributed by atoms with Gasteiger partial charge in [-0.2, -0.15) is 9.48 Å².